The van der Waals surface area contributed by atoms with Gasteiger partial charge < -0.3 is 10.5 Å². The highest BCUT2D eigenvalue weighted by atomic mass is 16.5. The molecule has 0 aromatic rings. The van der Waals surface area contributed by atoms with Crippen molar-refractivity contribution in [2.45, 2.75) is 13.0 Å². The molecule has 0 aliphatic carbocycles. The van der Waals surface area contributed by atoms with Gasteiger partial charge in [0.2, 0.25) is 5.91 Å². The average molecular weight is 127 g/mol. The van der Waals surface area contributed by atoms with E-state index in [0.717, 1.165) is 0 Å². The molecule has 0 heterocycles. The minimum absolute atomic E-state index is 0.106. The fourth-order valence-corrected chi connectivity index (χ4v) is 0.255. The van der Waals surface area contributed by atoms with E-state index in [1.807, 2.05) is 0 Å². The van der Waals surface area contributed by atoms with Gasteiger partial charge in [-0.15, -0.1) is 6.42 Å². The van der Waals surface area contributed by atoms with E-state index >= 15 is 0 Å². The van der Waals surface area contributed by atoms with E-state index in [9.17, 15) is 4.79 Å². The second-order valence-corrected chi connectivity index (χ2v) is 1.59. The summed E-state index contributed by atoms with van der Waals surface area (Å²) in [7, 11) is 0. The molecule has 9 heavy (non-hydrogen) atoms. The van der Waals surface area contributed by atoms with E-state index in [4.69, 9.17) is 16.9 Å². The maximum atomic E-state index is 10.0. The third kappa shape index (κ3) is 4.85. The fourth-order valence-electron chi connectivity index (χ4n) is 0.255. The van der Waals surface area contributed by atoms with Gasteiger partial charge in [-0.05, 0) is 6.92 Å². The molecule has 0 saturated heterocycles. The first kappa shape index (κ1) is 7.99. The van der Waals surface area contributed by atoms with Gasteiger partial charge in [0, 0.05) is 0 Å². The van der Waals surface area contributed by atoms with E-state index in [2.05, 4.69) is 5.92 Å². The molecule has 0 saturated carbocycles. The molecule has 0 spiro atoms. The van der Waals surface area contributed by atoms with Crippen molar-refractivity contribution in [2.24, 2.45) is 5.73 Å². The van der Waals surface area contributed by atoms with Crippen LogP contribution in [0.2, 0.25) is 0 Å². The van der Waals surface area contributed by atoms with E-state index in [1.165, 1.54) is 0 Å². The first-order valence-corrected chi connectivity index (χ1v) is 2.53. The van der Waals surface area contributed by atoms with Crippen LogP contribution in [-0.2, 0) is 9.53 Å². The molecule has 0 rings (SSSR count). The zero-order chi connectivity index (χ0) is 7.28. The number of rotatable bonds is 3. The van der Waals surface area contributed by atoms with Crippen molar-refractivity contribution in [3.05, 3.63) is 0 Å². The summed E-state index contributed by atoms with van der Waals surface area (Å²) >= 11 is 0. The minimum atomic E-state index is -0.503. The highest BCUT2D eigenvalue weighted by molar-refractivity contribution is 5.75. The summed E-state index contributed by atoms with van der Waals surface area (Å²) in [5.41, 5.74) is 4.76. The van der Waals surface area contributed by atoms with Crippen molar-refractivity contribution < 1.29 is 9.53 Å². The molecule has 1 unspecified atom stereocenters. The van der Waals surface area contributed by atoms with Gasteiger partial charge in [-0.3, -0.25) is 4.79 Å². The molecule has 0 aliphatic heterocycles. The monoisotopic (exact) mass is 127 g/mol. The van der Waals surface area contributed by atoms with Crippen LogP contribution in [-0.4, -0.2) is 18.6 Å². The predicted molar refractivity (Wildman–Crippen MR) is 33.4 cm³/mol. The van der Waals surface area contributed by atoms with Crippen LogP contribution in [0, 0.1) is 12.3 Å². The predicted octanol–water partition coefficient (Wildman–Crippen LogP) is -0.490. The number of ether oxygens (including phenoxy) is 1. The van der Waals surface area contributed by atoms with E-state index in [-0.39, 0.29) is 12.7 Å². The van der Waals surface area contributed by atoms with Crippen LogP contribution in [0.5, 0.6) is 0 Å². The van der Waals surface area contributed by atoms with Crippen LogP contribution in [0.15, 0.2) is 0 Å². The largest absolute Gasteiger partial charge is 0.368 e. The molecule has 0 aromatic heterocycles. The van der Waals surface area contributed by atoms with Gasteiger partial charge in [-0.2, -0.15) is 0 Å². The van der Waals surface area contributed by atoms with E-state index in [1.54, 1.807) is 6.92 Å². The standard InChI is InChI=1S/C6H9NO2/c1-3-5(2)9-4-6(7)8/h1,5H,4H2,2H3,(H2,7,8). The van der Waals surface area contributed by atoms with Gasteiger partial charge in [0.25, 0.3) is 0 Å². The zero-order valence-electron chi connectivity index (χ0n) is 5.26. The van der Waals surface area contributed by atoms with Crippen molar-refractivity contribution in [1.29, 1.82) is 0 Å². The summed E-state index contributed by atoms with van der Waals surface area (Å²) < 4.78 is 4.74. The van der Waals surface area contributed by atoms with Crippen LogP contribution in [0.1, 0.15) is 6.92 Å². The molecular weight excluding hydrogens is 118 g/mol. The lowest BCUT2D eigenvalue weighted by molar-refractivity contribution is -0.123. The van der Waals surface area contributed by atoms with E-state index < -0.39 is 5.91 Å². The number of carbonyl (C=O) groups excluding carboxylic acids is 1. The Morgan fingerprint density at radius 2 is 2.56 bits per heavy atom. The number of primary amides is 1. The number of amides is 1. The molecule has 3 heteroatoms. The minimum Gasteiger partial charge on any atom is -0.368 e. The smallest absolute Gasteiger partial charge is 0.243 e. The Morgan fingerprint density at radius 1 is 2.00 bits per heavy atom. The van der Waals surface area contributed by atoms with Gasteiger partial charge in [-0.25, -0.2) is 0 Å². The van der Waals surface area contributed by atoms with Crippen LogP contribution >= 0.6 is 0 Å². The summed E-state index contributed by atoms with van der Waals surface area (Å²) in [6, 6.07) is 0. The van der Waals surface area contributed by atoms with Gasteiger partial charge in [0.05, 0.1) is 0 Å². The third-order valence-corrected chi connectivity index (χ3v) is 0.710. The average Bonchev–Trinajstić information content (AvgIpc) is 1.83. The maximum Gasteiger partial charge on any atom is 0.243 e. The van der Waals surface area contributed by atoms with Gasteiger partial charge in [0.15, 0.2) is 0 Å². The van der Waals surface area contributed by atoms with Crippen LogP contribution < -0.4 is 5.73 Å². The second-order valence-electron chi connectivity index (χ2n) is 1.59. The number of terminal acetylenes is 1. The lowest BCUT2D eigenvalue weighted by atomic mass is 10.4. The molecule has 50 valence electrons. The van der Waals surface area contributed by atoms with Gasteiger partial charge in [-0.1, -0.05) is 5.92 Å². The maximum absolute atomic E-state index is 10.0. The molecule has 3 nitrogen and oxygen atoms in total. The van der Waals surface area contributed by atoms with Crippen LogP contribution in [0.3, 0.4) is 0 Å². The molecule has 1 atom stereocenters. The highest BCUT2D eigenvalue weighted by Gasteiger charge is 1.97. The molecule has 2 N–H and O–H groups in total. The summed E-state index contributed by atoms with van der Waals surface area (Å²) in [5.74, 6) is 1.79. The number of nitrogens with two attached hydrogens (primary N) is 1. The van der Waals surface area contributed by atoms with Crippen molar-refractivity contribution in [3.63, 3.8) is 0 Å². The summed E-state index contributed by atoms with van der Waals surface area (Å²) in [6.45, 7) is 1.56. The topological polar surface area (TPSA) is 52.3 Å². The fraction of sp³-hybridized carbons (Fsp3) is 0.500. The normalized spacial score (nSPS) is 12.0. The Bertz CT molecular complexity index is 136. The number of hydrogen-bond donors (Lipinski definition) is 1. The molecular formula is C6H9NO2. The Hall–Kier alpha value is -1.01. The van der Waals surface area contributed by atoms with Crippen molar-refractivity contribution in [3.8, 4) is 12.3 Å². The van der Waals surface area contributed by atoms with Gasteiger partial charge in [0.1, 0.15) is 12.7 Å². The molecule has 0 fully saturated rings. The summed E-state index contributed by atoms with van der Waals surface area (Å²) in [4.78, 5) is 10.0. The first-order valence-electron chi connectivity index (χ1n) is 2.53. The van der Waals surface area contributed by atoms with Crippen molar-refractivity contribution in [2.75, 3.05) is 6.61 Å². The SMILES string of the molecule is C#CC(C)OCC(N)=O. The Balaban J connectivity index is 3.30. The second kappa shape index (κ2) is 3.93. The highest BCUT2D eigenvalue weighted by Crippen LogP contribution is 1.84. The Kier molecular flexibility index (Phi) is 3.49. The third-order valence-electron chi connectivity index (χ3n) is 0.710. The number of carbonyl (C=O) groups is 1. The number of hydrogen-bond acceptors (Lipinski definition) is 2. The zero-order valence-corrected chi connectivity index (χ0v) is 5.26. The van der Waals surface area contributed by atoms with Crippen molar-refractivity contribution >= 4 is 5.91 Å². The molecule has 0 radical (unpaired) electrons. The van der Waals surface area contributed by atoms with Crippen LogP contribution in [0.25, 0.3) is 0 Å². The first-order chi connectivity index (χ1) is 4.16. The lowest BCUT2D eigenvalue weighted by Crippen LogP contribution is -2.21. The summed E-state index contributed by atoms with van der Waals surface area (Å²) in [5, 5.41) is 0. The van der Waals surface area contributed by atoms with Gasteiger partial charge >= 0.3 is 0 Å². The molecule has 0 aromatic carbocycles. The van der Waals surface area contributed by atoms with Crippen LogP contribution in [0.4, 0.5) is 0 Å². The summed E-state index contributed by atoms with van der Waals surface area (Å²) in [6.07, 6.45) is 4.60. The molecule has 0 aliphatic rings. The Morgan fingerprint density at radius 3 is 2.89 bits per heavy atom. The molecule has 0 bridgehead atoms. The lowest BCUT2D eigenvalue weighted by Gasteiger charge is -2.01. The Labute approximate surface area is 54.2 Å². The quantitative estimate of drug-likeness (QED) is 0.520. The molecule has 1 amide bonds. The van der Waals surface area contributed by atoms with Crippen molar-refractivity contribution in [1.82, 2.24) is 0 Å². The van der Waals surface area contributed by atoms with E-state index in [0.29, 0.717) is 0 Å².